The smallest absolute Gasteiger partial charge is 0.124 e. The fraction of sp³-hybridized carbons (Fsp3) is 0. The van der Waals surface area contributed by atoms with Gasteiger partial charge in [0.05, 0.1) is 17.4 Å². The van der Waals surface area contributed by atoms with Crippen LogP contribution in [0.4, 0.5) is 0 Å². The van der Waals surface area contributed by atoms with Crippen LogP contribution in [0.1, 0.15) is 5.56 Å². The topological polar surface area (TPSA) is 67.7 Å². The molecule has 0 aliphatic rings. The highest BCUT2D eigenvalue weighted by Gasteiger charge is 2.11. The van der Waals surface area contributed by atoms with Crippen LogP contribution < -0.4 is 5.73 Å². The number of para-hydroxylation sites is 1. The first-order valence-corrected chi connectivity index (χ1v) is 6.12. The molecule has 0 bridgehead atoms. The number of hydrogen-bond acceptors (Lipinski definition) is 2. The van der Waals surface area contributed by atoms with Crippen LogP contribution in [0.15, 0.2) is 48.7 Å². The van der Waals surface area contributed by atoms with Gasteiger partial charge in [-0.3, -0.25) is 5.41 Å². The van der Waals surface area contributed by atoms with E-state index in [-0.39, 0.29) is 5.84 Å². The van der Waals surface area contributed by atoms with Gasteiger partial charge in [0.1, 0.15) is 5.84 Å². The van der Waals surface area contributed by atoms with Crippen LogP contribution in [0.25, 0.3) is 16.6 Å². The first-order valence-electron chi connectivity index (χ1n) is 5.74. The van der Waals surface area contributed by atoms with E-state index in [1.165, 1.54) is 0 Å². The molecule has 19 heavy (non-hydrogen) atoms. The summed E-state index contributed by atoms with van der Waals surface area (Å²) in [7, 11) is 0. The number of nitrogens with zero attached hydrogens (tertiary/aromatic N) is 2. The summed E-state index contributed by atoms with van der Waals surface area (Å²) in [5.41, 5.74) is 7.88. The van der Waals surface area contributed by atoms with Crippen LogP contribution in [0.2, 0.25) is 5.02 Å². The molecule has 1 heterocycles. The number of nitrogens with two attached hydrogens (primary N) is 1. The summed E-state index contributed by atoms with van der Waals surface area (Å²) in [6.45, 7) is 0. The monoisotopic (exact) mass is 270 g/mol. The van der Waals surface area contributed by atoms with Gasteiger partial charge in [-0.1, -0.05) is 29.8 Å². The molecule has 4 nitrogen and oxygen atoms in total. The van der Waals surface area contributed by atoms with Gasteiger partial charge in [-0.25, -0.2) is 4.68 Å². The van der Waals surface area contributed by atoms with E-state index in [9.17, 15) is 0 Å². The molecule has 3 N–H and O–H groups in total. The molecule has 0 radical (unpaired) electrons. The van der Waals surface area contributed by atoms with Crippen molar-refractivity contribution in [2.45, 2.75) is 0 Å². The lowest BCUT2D eigenvalue weighted by Gasteiger charge is -2.10. The van der Waals surface area contributed by atoms with Crippen molar-refractivity contribution in [3.8, 4) is 5.69 Å². The minimum absolute atomic E-state index is 0.00810. The number of rotatable bonds is 2. The Labute approximate surface area is 114 Å². The maximum absolute atomic E-state index is 7.65. The van der Waals surface area contributed by atoms with Crippen LogP contribution in [-0.2, 0) is 0 Å². The van der Waals surface area contributed by atoms with Crippen molar-refractivity contribution in [1.29, 1.82) is 5.41 Å². The second kappa shape index (κ2) is 4.40. The van der Waals surface area contributed by atoms with Crippen molar-refractivity contribution in [2.24, 2.45) is 5.73 Å². The Morgan fingerprint density at radius 3 is 2.79 bits per heavy atom. The van der Waals surface area contributed by atoms with E-state index in [1.807, 2.05) is 24.3 Å². The molecule has 0 amide bonds. The van der Waals surface area contributed by atoms with Crippen molar-refractivity contribution < 1.29 is 0 Å². The van der Waals surface area contributed by atoms with Gasteiger partial charge in [-0.05, 0) is 24.3 Å². The van der Waals surface area contributed by atoms with E-state index >= 15 is 0 Å². The normalized spacial score (nSPS) is 10.8. The second-order valence-electron chi connectivity index (χ2n) is 4.19. The third-order valence-corrected chi connectivity index (χ3v) is 3.19. The standard InChI is InChI=1S/C14H11ClN4/c15-10-5-6-11(14(16)17)13(7-10)19-12-4-2-1-3-9(12)8-18-19/h1-8H,(H3,16,17). The van der Waals surface area contributed by atoms with Gasteiger partial charge >= 0.3 is 0 Å². The van der Waals surface area contributed by atoms with Crippen LogP contribution in [0.5, 0.6) is 0 Å². The number of benzene rings is 2. The Kier molecular flexibility index (Phi) is 2.72. The van der Waals surface area contributed by atoms with E-state index < -0.39 is 0 Å². The van der Waals surface area contributed by atoms with Crippen LogP contribution in [0, 0.1) is 5.41 Å². The molecule has 0 saturated carbocycles. The predicted octanol–water partition coefficient (Wildman–Crippen LogP) is 2.96. The first kappa shape index (κ1) is 11.7. The van der Waals surface area contributed by atoms with E-state index in [0.29, 0.717) is 16.3 Å². The average Bonchev–Trinajstić information content (AvgIpc) is 2.82. The first-order chi connectivity index (χ1) is 9.16. The predicted molar refractivity (Wildman–Crippen MR) is 77.1 cm³/mol. The lowest BCUT2D eigenvalue weighted by Crippen LogP contribution is -2.15. The van der Waals surface area contributed by atoms with Crippen LogP contribution in [0.3, 0.4) is 0 Å². The SMILES string of the molecule is N=C(N)c1ccc(Cl)cc1-n1ncc2ccccc21. The van der Waals surface area contributed by atoms with E-state index in [0.717, 1.165) is 10.9 Å². The summed E-state index contributed by atoms with van der Waals surface area (Å²) < 4.78 is 1.75. The van der Waals surface area contributed by atoms with Crippen molar-refractivity contribution >= 4 is 28.3 Å². The Morgan fingerprint density at radius 1 is 1.21 bits per heavy atom. The van der Waals surface area contributed by atoms with Gasteiger partial charge < -0.3 is 5.73 Å². The summed E-state index contributed by atoms with van der Waals surface area (Å²) >= 11 is 6.04. The molecule has 2 aromatic carbocycles. The van der Waals surface area contributed by atoms with Crippen LogP contribution >= 0.6 is 11.6 Å². The minimum Gasteiger partial charge on any atom is -0.384 e. The van der Waals surface area contributed by atoms with Crippen molar-refractivity contribution in [1.82, 2.24) is 9.78 Å². The van der Waals surface area contributed by atoms with Gasteiger partial charge in [-0.15, -0.1) is 0 Å². The van der Waals surface area contributed by atoms with Gasteiger partial charge in [-0.2, -0.15) is 5.10 Å². The van der Waals surface area contributed by atoms with Crippen LogP contribution in [-0.4, -0.2) is 15.6 Å². The number of hydrogen-bond donors (Lipinski definition) is 2. The Bertz CT molecular complexity index is 776. The summed E-state index contributed by atoms with van der Waals surface area (Å²) in [5.74, 6) is -0.00810. The lowest BCUT2D eigenvalue weighted by molar-refractivity contribution is 0.908. The van der Waals surface area contributed by atoms with Crippen molar-refractivity contribution in [2.75, 3.05) is 0 Å². The number of nitrogens with one attached hydrogen (secondary N) is 1. The second-order valence-corrected chi connectivity index (χ2v) is 4.63. The Morgan fingerprint density at radius 2 is 2.00 bits per heavy atom. The molecule has 0 spiro atoms. The molecule has 5 heteroatoms. The zero-order valence-corrected chi connectivity index (χ0v) is 10.7. The Hall–Kier alpha value is -2.33. The lowest BCUT2D eigenvalue weighted by atomic mass is 10.1. The number of nitrogen functional groups attached to an aromatic ring is 1. The van der Waals surface area contributed by atoms with Gasteiger partial charge in [0.2, 0.25) is 0 Å². The summed E-state index contributed by atoms with van der Waals surface area (Å²) in [5, 5.41) is 13.6. The zero-order chi connectivity index (χ0) is 13.4. The highest BCUT2D eigenvalue weighted by Crippen LogP contribution is 2.23. The maximum Gasteiger partial charge on any atom is 0.124 e. The molecule has 0 unspecified atom stereocenters. The van der Waals surface area contributed by atoms with E-state index in [1.54, 1.807) is 29.1 Å². The minimum atomic E-state index is -0.00810. The number of amidine groups is 1. The fourth-order valence-corrected chi connectivity index (χ4v) is 2.24. The highest BCUT2D eigenvalue weighted by atomic mass is 35.5. The quantitative estimate of drug-likeness (QED) is 0.555. The summed E-state index contributed by atoms with van der Waals surface area (Å²) in [4.78, 5) is 0. The zero-order valence-electron chi connectivity index (χ0n) is 9.97. The number of aromatic nitrogens is 2. The molecule has 3 rings (SSSR count). The summed E-state index contributed by atoms with van der Waals surface area (Å²) in [6, 6.07) is 13.1. The summed E-state index contributed by atoms with van der Waals surface area (Å²) in [6.07, 6.45) is 1.78. The third-order valence-electron chi connectivity index (χ3n) is 2.96. The third kappa shape index (κ3) is 1.96. The number of halogens is 1. The molecule has 0 atom stereocenters. The molecule has 0 aliphatic heterocycles. The molecule has 94 valence electrons. The molecule has 0 saturated heterocycles. The van der Waals surface area contributed by atoms with E-state index in [2.05, 4.69) is 5.10 Å². The molecule has 0 fully saturated rings. The average molecular weight is 271 g/mol. The molecule has 3 aromatic rings. The number of fused-ring (bicyclic) bond motifs is 1. The molecule has 1 aromatic heterocycles. The largest absolute Gasteiger partial charge is 0.384 e. The fourth-order valence-electron chi connectivity index (χ4n) is 2.07. The maximum atomic E-state index is 7.65. The van der Waals surface area contributed by atoms with Gasteiger partial charge in [0.15, 0.2) is 0 Å². The molecule has 0 aliphatic carbocycles. The van der Waals surface area contributed by atoms with Gasteiger partial charge in [0.25, 0.3) is 0 Å². The van der Waals surface area contributed by atoms with Crippen molar-refractivity contribution in [3.63, 3.8) is 0 Å². The highest BCUT2D eigenvalue weighted by molar-refractivity contribution is 6.31. The Balaban J connectivity index is 2.32. The van der Waals surface area contributed by atoms with Crippen molar-refractivity contribution in [3.05, 3.63) is 59.2 Å². The van der Waals surface area contributed by atoms with E-state index in [4.69, 9.17) is 22.7 Å². The molecular weight excluding hydrogens is 260 g/mol. The molecular formula is C14H11ClN4. The van der Waals surface area contributed by atoms with Gasteiger partial charge in [0, 0.05) is 16.0 Å².